The van der Waals surface area contributed by atoms with Crippen molar-refractivity contribution < 1.29 is 24.2 Å². The Morgan fingerprint density at radius 2 is 1.85 bits per heavy atom. The minimum atomic E-state index is -0.377. The Kier molecular flexibility index (Phi) is 9.31. The number of Topliss-reactive ketones (excluding diaryl/α,β-unsaturated/α-hetero) is 1. The molecule has 0 aliphatic carbocycles. The minimum Gasteiger partial charge on any atom is -0.490 e. The molecule has 4 rings (SSSR count). The van der Waals surface area contributed by atoms with Crippen LogP contribution in [0.2, 0.25) is 0 Å². The number of aromatic nitrogens is 2. The second-order valence-corrected chi connectivity index (χ2v) is 9.92. The van der Waals surface area contributed by atoms with E-state index in [2.05, 4.69) is 11.1 Å². The van der Waals surface area contributed by atoms with Gasteiger partial charge in [-0.05, 0) is 75.4 Å². The van der Waals surface area contributed by atoms with Crippen LogP contribution in [0.1, 0.15) is 65.5 Å². The molecule has 0 aliphatic rings. The fourth-order valence-electron chi connectivity index (χ4n) is 4.59. The summed E-state index contributed by atoms with van der Waals surface area (Å²) < 4.78 is 12.6. The third kappa shape index (κ3) is 6.93. The summed E-state index contributed by atoms with van der Waals surface area (Å²) in [5, 5.41) is 19.1. The molecule has 1 atom stereocenters. The normalized spacial score (nSPS) is 11.8. The number of hydrogen-bond acceptors (Lipinski definition) is 7. The van der Waals surface area contributed by atoms with Crippen LogP contribution in [0.3, 0.4) is 0 Å². The Bertz CT molecular complexity index is 1530. The van der Waals surface area contributed by atoms with Crippen LogP contribution in [0.15, 0.2) is 67.0 Å². The molecule has 8 nitrogen and oxygen atoms in total. The predicted octanol–water partition coefficient (Wildman–Crippen LogP) is 5.65. The molecule has 206 valence electrons. The number of aliphatic hydroxyl groups excluding tert-OH is 1. The fourth-order valence-corrected chi connectivity index (χ4v) is 4.59. The Labute approximate surface area is 233 Å². The summed E-state index contributed by atoms with van der Waals surface area (Å²) >= 11 is 0. The topological polar surface area (TPSA) is 114 Å². The van der Waals surface area contributed by atoms with Gasteiger partial charge in [0.1, 0.15) is 17.5 Å². The van der Waals surface area contributed by atoms with Crippen molar-refractivity contribution >= 4 is 17.4 Å². The first kappa shape index (κ1) is 28.5. The van der Waals surface area contributed by atoms with E-state index >= 15 is 0 Å². The minimum absolute atomic E-state index is 0.0182. The van der Waals surface area contributed by atoms with Crippen LogP contribution < -0.4 is 4.74 Å². The molecule has 0 aliphatic heterocycles. The Balaban J connectivity index is 1.45. The molecule has 0 amide bonds. The van der Waals surface area contributed by atoms with Gasteiger partial charge < -0.3 is 19.0 Å². The average Bonchev–Trinajstić information content (AvgIpc) is 3.37. The Morgan fingerprint density at radius 3 is 2.52 bits per heavy atom. The van der Waals surface area contributed by atoms with Gasteiger partial charge in [0.15, 0.2) is 5.78 Å². The lowest BCUT2D eigenvalue weighted by Crippen LogP contribution is -2.14. The van der Waals surface area contributed by atoms with Crippen LogP contribution in [0.5, 0.6) is 5.75 Å². The van der Waals surface area contributed by atoms with Crippen molar-refractivity contribution in [3.63, 3.8) is 0 Å². The number of nitrogens with zero attached hydrogens (tertiary/aromatic N) is 3. The van der Waals surface area contributed by atoms with E-state index in [9.17, 15) is 20.0 Å². The lowest BCUT2D eigenvalue weighted by Gasteiger charge is -2.16. The highest BCUT2D eigenvalue weighted by molar-refractivity contribution is 5.96. The molecule has 2 aromatic carbocycles. The summed E-state index contributed by atoms with van der Waals surface area (Å²) in [7, 11) is 0. The molecule has 0 saturated carbocycles. The number of pyridine rings is 1. The molecule has 0 fully saturated rings. The van der Waals surface area contributed by atoms with Gasteiger partial charge in [-0.1, -0.05) is 24.3 Å². The van der Waals surface area contributed by atoms with Gasteiger partial charge in [-0.3, -0.25) is 4.79 Å². The smallest absolute Gasteiger partial charge is 0.338 e. The Hall–Kier alpha value is -4.48. The molecule has 0 radical (unpaired) electrons. The van der Waals surface area contributed by atoms with E-state index in [1.165, 1.54) is 0 Å². The number of carbonyl (C=O) groups is 2. The number of benzene rings is 2. The largest absolute Gasteiger partial charge is 0.490 e. The summed E-state index contributed by atoms with van der Waals surface area (Å²) in [5.41, 5.74) is 4.63. The number of fused-ring (bicyclic) bond motifs is 1. The van der Waals surface area contributed by atoms with Gasteiger partial charge in [-0.15, -0.1) is 0 Å². The second-order valence-electron chi connectivity index (χ2n) is 9.92. The van der Waals surface area contributed by atoms with Crippen LogP contribution in [0.25, 0.3) is 16.9 Å². The maximum absolute atomic E-state index is 13.1. The highest BCUT2D eigenvalue weighted by Crippen LogP contribution is 2.26. The number of ketones is 1. The van der Waals surface area contributed by atoms with E-state index in [-0.39, 0.29) is 36.8 Å². The zero-order valence-electron chi connectivity index (χ0n) is 23.0. The van der Waals surface area contributed by atoms with Crippen LogP contribution in [0.4, 0.5) is 0 Å². The zero-order valence-corrected chi connectivity index (χ0v) is 23.0. The number of imidazole rings is 1. The summed E-state index contributed by atoms with van der Waals surface area (Å²) in [6, 6.07) is 18.4. The third-order valence-electron chi connectivity index (χ3n) is 6.54. The van der Waals surface area contributed by atoms with Crippen molar-refractivity contribution in [1.82, 2.24) is 9.38 Å². The van der Waals surface area contributed by atoms with Crippen LogP contribution >= 0.6 is 0 Å². The monoisotopic (exact) mass is 539 g/mol. The maximum Gasteiger partial charge on any atom is 0.338 e. The first-order valence-corrected chi connectivity index (χ1v) is 13.4. The van der Waals surface area contributed by atoms with Gasteiger partial charge in [-0.25, -0.2) is 9.78 Å². The molecule has 8 heteroatoms. The van der Waals surface area contributed by atoms with Gasteiger partial charge in [-0.2, -0.15) is 5.26 Å². The summed E-state index contributed by atoms with van der Waals surface area (Å²) in [5.74, 6) is -0.0462. The van der Waals surface area contributed by atoms with Crippen molar-refractivity contribution in [2.24, 2.45) is 5.92 Å². The van der Waals surface area contributed by atoms with Crippen molar-refractivity contribution in [1.29, 1.82) is 5.26 Å². The second kappa shape index (κ2) is 13.0. The molecule has 0 unspecified atom stereocenters. The molecule has 2 aromatic heterocycles. The van der Waals surface area contributed by atoms with Gasteiger partial charge >= 0.3 is 5.97 Å². The van der Waals surface area contributed by atoms with Gasteiger partial charge in [0.2, 0.25) is 0 Å². The number of carbonyl (C=O) groups excluding carboxylic acids is 2. The number of esters is 1. The van der Waals surface area contributed by atoms with E-state index in [4.69, 9.17) is 9.47 Å². The van der Waals surface area contributed by atoms with E-state index in [0.717, 1.165) is 16.8 Å². The molecule has 0 spiro atoms. The average molecular weight is 540 g/mol. The zero-order chi connectivity index (χ0) is 28.6. The highest BCUT2D eigenvalue weighted by Gasteiger charge is 2.18. The summed E-state index contributed by atoms with van der Waals surface area (Å²) in [6.07, 6.45) is 4.98. The lowest BCUT2D eigenvalue weighted by molar-refractivity contribution is 0.0526. The number of rotatable bonds is 12. The lowest BCUT2D eigenvalue weighted by atomic mass is 9.89. The number of ether oxygens (including phenoxy) is 2. The third-order valence-corrected chi connectivity index (χ3v) is 6.54. The Morgan fingerprint density at radius 1 is 1.07 bits per heavy atom. The van der Waals surface area contributed by atoms with E-state index in [0.29, 0.717) is 47.5 Å². The van der Waals surface area contributed by atoms with Gasteiger partial charge in [0, 0.05) is 36.5 Å². The molecular formula is C32H33N3O5. The highest BCUT2D eigenvalue weighted by atomic mass is 16.5. The van der Waals surface area contributed by atoms with Gasteiger partial charge in [0.25, 0.3) is 0 Å². The molecule has 2 heterocycles. The molecular weight excluding hydrogens is 506 g/mol. The van der Waals surface area contributed by atoms with E-state index < -0.39 is 0 Å². The predicted molar refractivity (Wildman–Crippen MR) is 151 cm³/mol. The van der Waals surface area contributed by atoms with Crippen molar-refractivity contribution in [2.45, 2.75) is 46.1 Å². The number of hydrogen-bond donors (Lipinski definition) is 1. The number of nitriles is 1. The van der Waals surface area contributed by atoms with Crippen LogP contribution in [-0.4, -0.2) is 45.6 Å². The SMILES string of the molecule is CCOC(=O)c1ccn2cc(-c3ccc(C[C@@H](CCO)CC(=O)c4ccc(OC(C)C)c(C#N)c4)cc3)nc2c1. The van der Waals surface area contributed by atoms with Crippen molar-refractivity contribution in [3.05, 3.63) is 89.2 Å². The van der Waals surface area contributed by atoms with Crippen molar-refractivity contribution in [3.8, 4) is 23.1 Å². The maximum atomic E-state index is 13.1. The van der Waals surface area contributed by atoms with Gasteiger partial charge in [0.05, 0.1) is 29.5 Å². The van der Waals surface area contributed by atoms with Crippen molar-refractivity contribution in [2.75, 3.05) is 13.2 Å². The molecule has 1 N–H and O–H groups in total. The molecule has 0 saturated heterocycles. The number of aliphatic hydroxyl groups is 1. The summed E-state index contributed by atoms with van der Waals surface area (Å²) in [4.78, 5) is 29.8. The standard InChI is InChI=1S/C32H33N3O5/c1-4-39-32(38)26-11-13-35-20-28(34-31(35)18-26)24-7-5-22(6-8-24)15-23(12-14-36)16-29(37)25-9-10-30(40-21(2)3)27(17-25)19-33/h5-11,13,17-18,20-21,23,36H,4,12,14-16H2,1-3H3/t23-/m1/s1. The molecule has 4 aromatic rings. The summed E-state index contributed by atoms with van der Waals surface area (Å²) in [6.45, 7) is 5.83. The van der Waals surface area contributed by atoms with E-state index in [1.54, 1.807) is 43.5 Å². The fraction of sp³-hybridized carbons (Fsp3) is 0.312. The first-order valence-electron chi connectivity index (χ1n) is 13.4. The van der Waals surface area contributed by atoms with Crippen LogP contribution in [0, 0.1) is 17.2 Å². The van der Waals surface area contributed by atoms with Crippen LogP contribution in [-0.2, 0) is 11.2 Å². The quantitative estimate of drug-likeness (QED) is 0.183. The molecule has 40 heavy (non-hydrogen) atoms. The van der Waals surface area contributed by atoms with E-state index in [1.807, 2.05) is 48.7 Å². The molecule has 0 bridgehead atoms. The first-order chi connectivity index (χ1) is 19.3.